The number of ether oxygens (including phenoxy) is 1. The molecule has 3 rings (SSSR count). The van der Waals surface area contributed by atoms with E-state index in [1.165, 1.54) is 13.8 Å². The lowest BCUT2D eigenvalue weighted by Gasteiger charge is -2.30. The zero-order chi connectivity index (χ0) is 38.4. The molecule has 2 aromatic rings. The number of imidazole rings is 1. The first-order chi connectivity index (χ1) is 23.5. The summed E-state index contributed by atoms with van der Waals surface area (Å²) < 4.78 is 61.8. The Labute approximate surface area is 292 Å². The van der Waals surface area contributed by atoms with Gasteiger partial charge in [-0.1, -0.05) is 25.6 Å². The summed E-state index contributed by atoms with van der Waals surface area (Å²) in [5, 5.41) is 33.2. The van der Waals surface area contributed by atoms with Crippen LogP contribution in [0.3, 0.4) is 0 Å². The smallest absolute Gasteiger partial charge is 0.386 e. The first-order valence-electron chi connectivity index (χ1n) is 14.4. The van der Waals surface area contributed by atoms with Crippen LogP contribution in [0.1, 0.15) is 26.5 Å². The third-order valence-electron chi connectivity index (χ3n) is 6.76. The zero-order valence-corrected chi connectivity index (χ0v) is 30.2. The molecule has 0 saturated carbocycles. The van der Waals surface area contributed by atoms with Gasteiger partial charge in [-0.3, -0.25) is 33.1 Å². The highest BCUT2D eigenvalue weighted by molar-refractivity contribution is 8.13. The van der Waals surface area contributed by atoms with Crippen LogP contribution in [0.25, 0.3) is 11.2 Å². The monoisotopic (exact) mass is 809 g/mol. The molecule has 0 radical (unpaired) electrons. The van der Waals surface area contributed by atoms with Crippen LogP contribution in [-0.4, -0.2) is 123 Å². The normalized spacial score (nSPS) is 22.6. The summed E-state index contributed by atoms with van der Waals surface area (Å²) in [6.07, 6.45) is -6.88. The topological polar surface area (TPSA) is 396 Å². The molecule has 0 aliphatic carbocycles. The third kappa shape index (κ3) is 12.8. The SMILES string of the molecule is CC(C)(COP(=O)(O)OP(=O)(O)OC[C@H]1O[C@@H](n2cnc3c(N)ncnc32)[C@H](O)[C@@H]1OP(=O)(O)O)[C@@H](O)C(=O)NCCC(=O)NCCSC(=N)N. The van der Waals surface area contributed by atoms with Crippen LogP contribution in [0.15, 0.2) is 12.7 Å². The predicted molar refractivity (Wildman–Crippen MR) is 174 cm³/mol. The third-order valence-corrected chi connectivity index (χ3v) is 10.6. The van der Waals surface area contributed by atoms with Crippen LogP contribution in [0, 0.1) is 10.8 Å². The highest BCUT2D eigenvalue weighted by Gasteiger charge is 2.50. The van der Waals surface area contributed by atoms with Gasteiger partial charge in [0.2, 0.25) is 11.8 Å². The molecule has 1 fully saturated rings. The van der Waals surface area contributed by atoms with Gasteiger partial charge in [-0.15, -0.1) is 0 Å². The first-order valence-corrected chi connectivity index (χ1v) is 19.9. The number of carbonyl (C=O) groups is 2. The number of hydrogen-bond acceptors (Lipinski definition) is 18. The molecule has 1 saturated heterocycles. The van der Waals surface area contributed by atoms with Gasteiger partial charge in [-0.25, -0.2) is 28.6 Å². The Morgan fingerprint density at radius 1 is 1.12 bits per heavy atom. The highest BCUT2D eigenvalue weighted by atomic mass is 32.2. The Morgan fingerprint density at radius 2 is 1.78 bits per heavy atom. The minimum atomic E-state index is -5.56. The van der Waals surface area contributed by atoms with Gasteiger partial charge in [0.05, 0.1) is 19.5 Å². The molecule has 25 nitrogen and oxygen atoms in total. The van der Waals surface area contributed by atoms with E-state index in [-0.39, 0.29) is 41.7 Å². The van der Waals surface area contributed by atoms with E-state index >= 15 is 0 Å². The van der Waals surface area contributed by atoms with E-state index in [1.54, 1.807) is 0 Å². The molecule has 51 heavy (non-hydrogen) atoms. The molecular formula is C22H38N9O16P3S. The molecule has 1 aliphatic rings. The van der Waals surface area contributed by atoms with Crippen molar-refractivity contribution in [2.75, 3.05) is 37.8 Å². The molecule has 13 N–H and O–H groups in total. The second-order valence-corrected chi connectivity index (χ2v) is 16.7. The highest BCUT2D eigenvalue weighted by Crippen LogP contribution is 2.61. The number of carbonyl (C=O) groups excluding carboxylic acids is 2. The van der Waals surface area contributed by atoms with E-state index in [4.69, 9.17) is 30.7 Å². The fraction of sp³-hybridized carbons (Fsp3) is 0.636. The maximum absolute atomic E-state index is 12.6. The summed E-state index contributed by atoms with van der Waals surface area (Å²) in [6.45, 7) is 0.518. The van der Waals surface area contributed by atoms with E-state index in [1.807, 2.05) is 0 Å². The second kappa shape index (κ2) is 17.5. The van der Waals surface area contributed by atoms with Crippen LogP contribution in [0.2, 0.25) is 0 Å². The van der Waals surface area contributed by atoms with Gasteiger partial charge in [-0.05, 0) is 0 Å². The Balaban J connectivity index is 1.55. The van der Waals surface area contributed by atoms with Crippen LogP contribution < -0.4 is 22.1 Å². The number of hydrogen-bond donors (Lipinski definition) is 11. The fourth-order valence-electron chi connectivity index (χ4n) is 4.29. The van der Waals surface area contributed by atoms with Crippen molar-refractivity contribution in [1.82, 2.24) is 30.2 Å². The van der Waals surface area contributed by atoms with Crippen LogP contribution in [0.4, 0.5) is 5.82 Å². The number of nitrogen functional groups attached to an aromatic ring is 1. The van der Waals surface area contributed by atoms with Crippen LogP contribution in [-0.2, 0) is 45.9 Å². The van der Waals surface area contributed by atoms with E-state index in [9.17, 15) is 53.1 Å². The van der Waals surface area contributed by atoms with Crippen molar-refractivity contribution < 1.29 is 75.7 Å². The molecule has 2 amide bonds. The van der Waals surface area contributed by atoms with Gasteiger partial charge in [0.15, 0.2) is 22.9 Å². The number of anilines is 1. The number of phosphoric ester groups is 3. The van der Waals surface area contributed by atoms with Crippen LogP contribution in [0.5, 0.6) is 0 Å². The Hall–Kier alpha value is -2.64. The summed E-state index contributed by atoms with van der Waals surface area (Å²) >= 11 is 1.03. The number of nitrogens with zero attached hydrogens (tertiary/aromatic N) is 4. The number of amides is 2. The van der Waals surface area contributed by atoms with E-state index in [0.717, 1.165) is 29.0 Å². The number of thioether (sulfide) groups is 1. The lowest BCUT2D eigenvalue weighted by atomic mass is 9.87. The minimum Gasteiger partial charge on any atom is -0.386 e. The quantitative estimate of drug-likeness (QED) is 0.0317. The molecule has 288 valence electrons. The maximum Gasteiger partial charge on any atom is 0.481 e. The van der Waals surface area contributed by atoms with Crippen molar-refractivity contribution in [3.05, 3.63) is 12.7 Å². The maximum atomic E-state index is 12.6. The molecule has 1 aliphatic heterocycles. The van der Waals surface area contributed by atoms with E-state index in [0.29, 0.717) is 5.75 Å². The molecule has 3 heterocycles. The molecule has 0 bridgehead atoms. The molecule has 2 aromatic heterocycles. The number of fused-ring (bicyclic) bond motifs is 1. The first kappa shape index (κ1) is 42.8. The zero-order valence-electron chi connectivity index (χ0n) is 26.7. The van der Waals surface area contributed by atoms with Crippen molar-refractivity contribution >= 4 is 69.2 Å². The van der Waals surface area contributed by atoms with Gasteiger partial charge in [0.1, 0.15) is 36.3 Å². The van der Waals surface area contributed by atoms with Gasteiger partial charge in [0, 0.05) is 30.7 Å². The number of nitrogens with two attached hydrogens (primary N) is 2. The number of aliphatic hydroxyl groups is 2. The largest absolute Gasteiger partial charge is 0.481 e. The van der Waals surface area contributed by atoms with Gasteiger partial charge in [0.25, 0.3) is 0 Å². The average Bonchev–Trinajstić information content (AvgIpc) is 3.57. The van der Waals surface area contributed by atoms with Crippen molar-refractivity contribution in [1.29, 1.82) is 5.41 Å². The molecular weight excluding hydrogens is 771 g/mol. The standard InChI is InChI=1S/C22H38N9O16P3S/c1-22(2,16(34)19(35)27-4-3-12(32)26-5-6-51-21(24)25)8-44-50(41,42)47-49(39,40)43-7-11-15(46-48(36,37)38)14(33)20(45-11)31-10-30-13-17(23)28-9-29-18(13)31/h9-11,14-16,20,33-34H,3-8H2,1-2H3,(H3,24,25)(H,26,32)(H,27,35)(H,39,40)(H,41,42)(H2,23,28,29)(H2,36,37,38)/t11-,14-,15-,16+,20-/m1/s1. The Morgan fingerprint density at radius 3 is 2.43 bits per heavy atom. The Bertz CT molecular complexity index is 1710. The number of rotatable bonds is 19. The number of phosphoric acid groups is 3. The predicted octanol–water partition coefficient (Wildman–Crippen LogP) is -1.97. The molecule has 0 spiro atoms. The van der Waals surface area contributed by atoms with Gasteiger partial charge >= 0.3 is 23.5 Å². The lowest BCUT2D eigenvalue weighted by Crippen LogP contribution is -2.46. The van der Waals surface area contributed by atoms with Crippen molar-refractivity contribution in [2.45, 2.75) is 50.9 Å². The van der Waals surface area contributed by atoms with Crippen molar-refractivity contribution in [3.8, 4) is 0 Å². The fourth-order valence-corrected chi connectivity index (χ4v) is 7.54. The minimum absolute atomic E-state index is 0.0310. The van der Waals surface area contributed by atoms with Crippen LogP contribution >= 0.6 is 35.2 Å². The molecule has 2 unspecified atom stereocenters. The number of nitrogens with one attached hydrogen (secondary N) is 3. The number of aromatic nitrogens is 4. The summed E-state index contributed by atoms with van der Waals surface area (Å²) in [7, 11) is -16.4. The lowest BCUT2D eigenvalue weighted by molar-refractivity contribution is -0.137. The molecule has 29 heteroatoms. The summed E-state index contributed by atoms with van der Waals surface area (Å²) in [6, 6.07) is 0. The summed E-state index contributed by atoms with van der Waals surface area (Å²) in [5.74, 6) is -1.08. The molecule has 0 aromatic carbocycles. The molecule has 7 atom stereocenters. The van der Waals surface area contributed by atoms with E-state index in [2.05, 4.69) is 34.4 Å². The number of amidine groups is 1. The van der Waals surface area contributed by atoms with Crippen molar-refractivity contribution in [2.24, 2.45) is 11.1 Å². The second-order valence-electron chi connectivity index (χ2n) is 11.3. The Kier molecular flexibility index (Phi) is 14.6. The van der Waals surface area contributed by atoms with Crippen molar-refractivity contribution in [3.63, 3.8) is 0 Å². The van der Waals surface area contributed by atoms with E-state index < -0.39 is 84.6 Å². The number of aliphatic hydroxyl groups excluding tert-OH is 2. The van der Waals surface area contributed by atoms with Gasteiger partial charge in [-0.2, -0.15) is 4.31 Å². The van der Waals surface area contributed by atoms with Gasteiger partial charge < -0.3 is 56.6 Å². The summed E-state index contributed by atoms with van der Waals surface area (Å²) in [4.78, 5) is 75.0. The summed E-state index contributed by atoms with van der Waals surface area (Å²) in [5.41, 5.74) is 9.45. The average molecular weight is 810 g/mol.